The number of carbonyl (C=O) groups excluding carboxylic acids is 1. The van der Waals surface area contributed by atoms with E-state index in [2.05, 4.69) is 25.5 Å². The summed E-state index contributed by atoms with van der Waals surface area (Å²) >= 11 is 0. The summed E-state index contributed by atoms with van der Waals surface area (Å²) in [5.41, 5.74) is -0.231. The van der Waals surface area contributed by atoms with Gasteiger partial charge in [-0.2, -0.15) is 13.2 Å². The second-order valence-electron chi connectivity index (χ2n) is 7.14. The Morgan fingerprint density at radius 3 is 2.58 bits per heavy atom. The minimum Gasteiger partial charge on any atom is -0.431 e. The maximum absolute atomic E-state index is 13.4. The summed E-state index contributed by atoms with van der Waals surface area (Å²) in [6.07, 6.45) is -2.47. The van der Waals surface area contributed by atoms with Crippen LogP contribution in [0.1, 0.15) is 22.7 Å². The highest BCUT2D eigenvalue weighted by atomic mass is 19.4. The molecule has 4 rings (SSSR count). The number of rotatable bonds is 5. The number of hydrogen-bond donors (Lipinski definition) is 2. The normalized spacial score (nSPS) is 16.5. The number of pyridine rings is 1. The lowest BCUT2D eigenvalue weighted by Crippen LogP contribution is -2.29. The smallest absolute Gasteiger partial charge is 0.431 e. The van der Waals surface area contributed by atoms with Gasteiger partial charge < -0.3 is 20.0 Å². The molecular weight excluding hydrogens is 411 g/mol. The number of likely N-dealkylation sites (N-methyl/N-ethyl adjacent to an activating group) is 1. The fraction of sp³-hybridized carbons (Fsp3) is 0.286. The average molecular weight is 431 g/mol. The molecule has 2 aromatic heterocycles. The molecule has 0 saturated carbocycles. The Kier molecular flexibility index (Phi) is 5.64. The summed E-state index contributed by atoms with van der Waals surface area (Å²) in [5.74, 6) is -2.01. The summed E-state index contributed by atoms with van der Waals surface area (Å²) < 4.78 is 45.2. The average Bonchev–Trinajstić information content (AvgIpc) is 3.42. The number of aromatic nitrogens is 2. The lowest BCUT2D eigenvalue weighted by molar-refractivity contribution is -0.153. The molecule has 0 radical (unpaired) electrons. The van der Waals surface area contributed by atoms with Gasteiger partial charge in [0.15, 0.2) is 5.69 Å². The monoisotopic (exact) mass is 431 g/mol. The van der Waals surface area contributed by atoms with E-state index in [-0.39, 0.29) is 11.6 Å². The van der Waals surface area contributed by atoms with Crippen LogP contribution in [0.2, 0.25) is 0 Å². The van der Waals surface area contributed by atoms with Crippen LogP contribution in [0.25, 0.3) is 11.5 Å². The molecule has 3 aromatic rings. The molecule has 1 amide bonds. The number of halogens is 3. The lowest BCUT2D eigenvalue weighted by atomic mass is 10.2. The number of nitrogens with one attached hydrogen (secondary N) is 2. The van der Waals surface area contributed by atoms with Crippen LogP contribution in [0, 0.1) is 0 Å². The van der Waals surface area contributed by atoms with Gasteiger partial charge >= 0.3 is 6.18 Å². The minimum absolute atomic E-state index is 0.260. The highest BCUT2D eigenvalue weighted by Gasteiger charge is 2.42. The first-order chi connectivity index (χ1) is 14.8. The van der Waals surface area contributed by atoms with Gasteiger partial charge in [-0.1, -0.05) is 18.2 Å². The van der Waals surface area contributed by atoms with Crippen LogP contribution in [0.3, 0.4) is 0 Å². The first-order valence-corrected chi connectivity index (χ1v) is 9.68. The van der Waals surface area contributed by atoms with E-state index in [4.69, 9.17) is 4.42 Å². The molecule has 2 N–H and O–H groups in total. The van der Waals surface area contributed by atoms with Crippen LogP contribution in [0.15, 0.2) is 53.1 Å². The molecule has 1 aliphatic heterocycles. The Hall–Kier alpha value is -3.40. The largest absolute Gasteiger partial charge is 0.452 e. The predicted octanol–water partition coefficient (Wildman–Crippen LogP) is 3.81. The maximum atomic E-state index is 13.4. The van der Waals surface area contributed by atoms with Crippen LogP contribution >= 0.6 is 0 Å². The van der Waals surface area contributed by atoms with E-state index in [1.807, 2.05) is 7.05 Å². The van der Waals surface area contributed by atoms with E-state index in [1.54, 1.807) is 42.5 Å². The molecule has 1 aliphatic rings. The Balaban J connectivity index is 1.53. The molecule has 31 heavy (non-hydrogen) atoms. The zero-order chi connectivity index (χ0) is 22.0. The Labute approximate surface area is 176 Å². The van der Waals surface area contributed by atoms with E-state index >= 15 is 0 Å². The minimum atomic E-state index is -4.87. The van der Waals surface area contributed by atoms with Gasteiger partial charge in [-0.15, -0.1) is 0 Å². The molecule has 1 saturated heterocycles. The predicted molar refractivity (Wildman–Crippen MR) is 109 cm³/mol. The molecule has 7 nitrogen and oxygen atoms in total. The molecule has 0 aliphatic carbocycles. The molecule has 10 heteroatoms. The fourth-order valence-electron chi connectivity index (χ4n) is 3.41. The van der Waals surface area contributed by atoms with Crippen molar-refractivity contribution in [2.45, 2.75) is 18.6 Å². The summed E-state index contributed by atoms with van der Waals surface area (Å²) in [6, 6.07) is 11.8. The molecule has 1 atom stereocenters. The van der Waals surface area contributed by atoms with Crippen LogP contribution in [-0.2, 0) is 6.18 Å². The molecule has 1 fully saturated rings. The summed E-state index contributed by atoms with van der Waals surface area (Å²) in [7, 11) is 1.91. The SMILES string of the molecule is CNC1CCN(c2ccc(NC(=O)c3nc(-c4ccccc4)oc3C(F)(F)F)cn2)C1. The van der Waals surface area contributed by atoms with Crippen LogP contribution in [0.4, 0.5) is 24.7 Å². The number of benzene rings is 1. The summed E-state index contributed by atoms with van der Waals surface area (Å²) in [6.45, 7) is 1.66. The summed E-state index contributed by atoms with van der Waals surface area (Å²) in [4.78, 5) is 22.8. The Morgan fingerprint density at radius 2 is 1.97 bits per heavy atom. The van der Waals surface area contributed by atoms with Crippen LogP contribution in [-0.4, -0.2) is 42.1 Å². The Morgan fingerprint density at radius 1 is 1.19 bits per heavy atom. The van der Waals surface area contributed by atoms with Gasteiger partial charge in [0, 0.05) is 24.7 Å². The molecule has 1 unspecified atom stereocenters. The number of hydrogen-bond acceptors (Lipinski definition) is 6. The van der Waals surface area contributed by atoms with Crippen molar-refractivity contribution in [1.29, 1.82) is 0 Å². The first-order valence-electron chi connectivity index (χ1n) is 9.68. The van der Waals surface area contributed by atoms with Crippen LogP contribution in [0.5, 0.6) is 0 Å². The zero-order valence-corrected chi connectivity index (χ0v) is 16.6. The zero-order valence-electron chi connectivity index (χ0n) is 16.6. The molecule has 0 bridgehead atoms. The number of alkyl halides is 3. The van der Waals surface area contributed by atoms with Crippen molar-refractivity contribution >= 4 is 17.4 Å². The van der Waals surface area contributed by atoms with Crippen molar-refractivity contribution in [3.8, 4) is 11.5 Å². The molecular formula is C21H20F3N5O2. The van der Waals surface area contributed by atoms with Crippen molar-refractivity contribution in [3.63, 3.8) is 0 Å². The third kappa shape index (κ3) is 4.53. The second kappa shape index (κ2) is 8.38. The third-order valence-electron chi connectivity index (χ3n) is 5.05. The van der Waals surface area contributed by atoms with Crippen molar-refractivity contribution < 1.29 is 22.4 Å². The van der Waals surface area contributed by atoms with Gasteiger partial charge in [-0.25, -0.2) is 9.97 Å². The summed E-state index contributed by atoms with van der Waals surface area (Å²) in [5, 5.41) is 5.63. The van der Waals surface area contributed by atoms with Crippen molar-refractivity contribution in [3.05, 3.63) is 60.1 Å². The fourth-order valence-corrected chi connectivity index (χ4v) is 3.41. The number of nitrogens with zero attached hydrogens (tertiary/aromatic N) is 3. The van der Waals surface area contributed by atoms with Gasteiger partial charge in [0.25, 0.3) is 5.91 Å². The van der Waals surface area contributed by atoms with Gasteiger partial charge in [0.1, 0.15) is 5.82 Å². The van der Waals surface area contributed by atoms with E-state index < -0.39 is 23.5 Å². The van der Waals surface area contributed by atoms with Gasteiger partial charge in [0.2, 0.25) is 11.7 Å². The van der Waals surface area contributed by atoms with Gasteiger partial charge in [-0.05, 0) is 37.7 Å². The van der Waals surface area contributed by atoms with E-state index in [0.717, 1.165) is 25.3 Å². The number of anilines is 2. The highest BCUT2D eigenvalue weighted by molar-refractivity contribution is 6.04. The first kappa shape index (κ1) is 20.9. The third-order valence-corrected chi connectivity index (χ3v) is 5.05. The number of amides is 1. The second-order valence-corrected chi connectivity index (χ2v) is 7.14. The molecule has 1 aromatic carbocycles. The lowest BCUT2D eigenvalue weighted by Gasteiger charge is -2.17. The van der Waals surface area contributed by atoms with Crippen molar-refractivity contribution in [2.24, 2.45) is 0 Å². The maximum Gasteiger partial charge on any atom is 0.452 e. The van der Waals surface area contributed by atoms with Crippen molar-refractivity contribution in [1.82, 2.24) is 15.3 Å². The topological polar surface area (TPSA) is 83.3 Å². The highest BCUT2D eigenvalue weighted by Crippen LogP contribution is 2.35. The van der Waals surface area contributed by atoms with Crippen molar-refractivity contribution in [2.75, 3.05) is 30.4 Å². The molecule has 0 spiro atoms. The van der Waals surface area contributed by atoms with E-state index in [1.165, 1.54) is 6.20 Å². The van der Waals surface area contributed by atoms with Gasteiger partial charge in [-0.3, -0.25) is 4.79 Å². The van der Waals surface area contributed by atoms with Gasteiger partial charge in [0.05, 0.1) is 11.9 Å². The van der Waals surface area contributed by atoms with Crippen LogP contribution < -0.4 is 15.5 Å². The molecule has 3 heterocycles. The quantitative estimate of drug-likeness (QED) is 0.639. The van der Waals surface area contributed by atoms with E-state index in [0.29, 0.717) is 11.6 Å². The standard InChI is InChI=1S/C21H20F3N5O2/c1-25-15-9-10-29(12-15)16-8-7-14(11-26-16)27-19(30)17-18(21(22,23)24)31-20(28-17)13-5-3-2-4-6-13/h2-8,11,15,25H,9-10,12H2,1H3,(H,27,30). The van der Waals surface area contributed by atoms with E-state index in [9.17, 15) is 18.0 Å². The molecule has 162 valence electrons. The Bertz CT molecular complexity index is 1050. The number of carbonyl (C=O) groups is 1. The number of oxazole rings is 1.